The molecule has 1 radical (unpaired) electrons. The maximum absolute atomic E-state index is 2.48. The molecule has 0 aliphatic carbocycles. The van der Waals surface area contributed by atoms with Crippen LogP contribution in [0.2, 0.25) is 0 Å². The summed E-state index contributed by atoms with van der Waals surface area (Å²) in [5, 5.41) is 0. The smallest absolute Gasteiger partial charge is 0.0355 e. The van der Waals surface area contributed by atoms with E-state index in [0.29, 0.717) is 0 Å². The maximum Gasteiger partial charge on any atom is -0.0355 e. The normalized spacial score (nSPS) is 14.2. The fourth-order valence-corrected chi connectivity index (χ4v) is 1.18. The molecule has 0 spiro atoms. The highest BCUT2D eigenvalue weighted by molar-refractivity contribution is 4.74. The molecule has 0 amide bonds. The Morgan fingerprint density at radius 2 is 1.58 bits per heavy atom. The van der Waals surface area contributed by atoms with Gasteiger partial charge in [0.1, 0.15) is 0 Å². The van der Waals surface area contributed by atoms with Crippen molar-refractivity contribution >= 4 is 0 Å². The van der Waals surface area contributed by atoms with Crippen molar-refractivity contribution < 1.29 is 0 Å². The molecule has 0 fully saturated rings. The lowest BCUT2D eigenvalue weighted by molar-refractivity contribution is 0.447. The molecule has 1 atom stereocenters. The van der Waals surface area contributed by atoms with Crippen molar-refractivity contribution in [2.24, 2.45) is 17.8 Å². The van der Waals surface area contributed by atoms with Crippen molar-refractivity contribution in [3.63, 3.8) is 0 Å². The Labute approximate surface area is 78.8 Å². The number of hydrogen-bond donors (Lipinski definition) is 0. The van der Waals surface area contributed by atoms with E-state index in [0.717, 1.165) is 17.8 Å². The molecule has 12 heavy (non-hydrogen) atoms. The van der Waals surface area contributed by atoms with Crippen molar-refractivity contribution in [2.75, 3.05) is 0 Å². The molecule has 0 heterocycles. The summed E-state index contributed by atoms with van der Waals surface area (Å²) in [5.74, 6) is 2.47. The standard InChI is InChI=1S/C12H25/c1-10(2)8-6-7-9-12(5)11(3)4/h9-12H,6-8H2,1-5H3. The van der Waals surface area contributed by atoms with Gasteiger partial charge in [-0.3, -0.25) is 0 Å². The zero-order valence-electron chi connectivity index (χ0n) is 9.43. The van der Waals surface area contributed by atoms with Gasteiger partial charge in [0, 0.05) is 0 Å². The Kier molecular flexibility index (Phi) is 6.51. The van der Waals surface area contributed by atoms with Crippen LogP contribution in [0.25, 0.3) is 0 Å². The van der Waals surface area contributed by atoms with Gasteiger partial charge in [0.15, 0.2) is 0 Å². The average molecular weight is 169 g/mol. The van der Waals surface area contributed by atoms with Crippen molar-refractivity contribution in [3.05, 3.63) is 6.42 Å². The van der Waals surface area contributed by atoms with Crippen molar-refractivity contribution in [1.29, 1.82) is 0 Å². The van der Waals surface area contributed by atoms with Crippen LogP contribution in [0.4, 0.5) is 0 Å². The molecule has 0 aromatic rings. The molecule has 0 saturated heterocycles. The van der Waals surface area contributed by atoms with Gasteiger partial charge in [0.05, 0.1) is 0 Å². The summed E-state index contributed by atoms with van der Waals surface area (Å²) in [6.07, 6.45) is 6.53. The summed E-state index contributed by atoms with van der Waals surface area (Å²) >= 11 is 0. The molecular formula is C12H25. The summed E-state index contributed by atoms with van der Waals surface area (Å²) in [4.78, 5) is 0. The topological polar surface area (TPSA) is 0 Å². The van der Waals surface area contributed by atoms with Crippen LogP contribution in [0.5, 0.6) is 0 Å². The van der Waals surface area contributed by atoms with Gasteiger partial charge in [-0.1, -0.05) is 47.5 Å². The van der Waals surface area contributed by atoms with Gasteiger partial charge in [0.2, 0.25) is 0 Å². The molecular weight excluding hydrogens is 144 g/mol. The highest BCUT2D eigenvalue weighted by atomic mass is 14.1. The van der Waals surface area contributed by atoms with Crippen LogP contribution in [0.3, 0.4) is 0 Å². The van der Waals surface area contributed by atoms with Crippen LogP contribution in [-0.2, 0) is 0 Å². The molecule has 0 N–H and O–H groups in total. The van der Waals surface area contributed by atoms with Crippen molar-refractivity contribution in [2.45, 2.75) is 53.9 Å². The summed E-state index contributed by atoms with van der Waals surface area (Å²) in [6.45, 7) is 11.5. The van der Waals surface area contributed by atoms with Crippen molar-refractivity contribution in [3.8, 4) is 0 Å². The second-order valence-corrected chi connectivity index (χ2v) is 4.66. The summed E-state index contributed by atoms with van der Waals surface area (Å²) in [7, 11) is 0. The molecule has 0 aliphatic heterocycles. The Morgan fingerprint density at radius 1 is 1.00 bits per heavy atom. The molecule has 0 aromatic heterocycles. The summed E-state index contributed by atoms with van der Waals surface area (Å²) in [6, 6.07) is 0. The first-order valence-electron chi connectivity index (χ1n) is 5.37. The van der Waals surface area contributed by atoms with Gasteiger partial charge >= 0.3 is 0 Å². The van der Waals surface area contributed by atoms with Crippen LogP contribution < -0.4 is 0 Å². The highest BCUT2D eigenvalue weighted by Gasteiger charge is 2.06. The first-order chi connectivity index (χ1) is 5.54. The molecule has 0 aliphatic rings. The van der Waals surface area contributed by atoms with Gasteiger partial charge in [-0.15, -0.1) is 0 Å². The third-order valence-corrected chi connectivity index (χ3v) is 2.58. The quantitative estimate of drug-likeness (QED) is 0.520. The van der Waals surface area contributed by atoms with E-state index in [-0.39, 0.29) is 0 Å². The van der Waals surface area contributed by atoms with E-state index >= 15 is 0 Å². The average Bonchev–Trinajstić information content (AvgIpc) is 1.97. The van der Waals surface area contributed by atoms with E-state index in [1.165, 1.54) is 19.3 Å². The van der Waals surface area contributed by atoms with Gasteiger partial charge in [-0.2, -0.15) is 0 Å². The largest absolute Gasteiger partial charge is 0.0628 e. The van der Waals surface area contributed by atoms with Gasteiger partial charge in [-0.05, 0) is 30.6 Å². The fourth-order valence-electron chi connectivity index (χ4n) is 1.18. The zero-order chi connectivity index (χ0) is 9.56. The predicted molar refractivity (Wildman–Crippen MR) is 57.0 cm³/mol. The number of rotatable bonds is 6. The van der Waals surface area contributed by atoms with Crippen LogP contribution in [0, 0.1) is 24.2 Å². The lowest BCUT2D eigenvalue weighted by atomic mass is 9.91. The number of hydrogen-bond acceptors (Lipinski definition) is 0. The molecule has 0 rings (SSSR count). The molecule has 0 heteroatoms. The fraction of sp³-hybridized carbons (Fsp3) is 0.917. The first-order valence-corrected chi connectivity index (χ1v) is 5.37. The van der Waals surface area contributed by atoms with E-state index in [9.17, 15) is 0 Å². The minimum absolute atomic E-state index is 0.789. The molecule has 0 nitrogen and oxygen atoms in total. The second kappa shape index (κ2) is 6.51. The Bertz CT molecular complexity index is 92.2. The zero-order valence-corrected chi connectivity index (χ0v) is 9.43. The predicted octanol–water partition coefficient (Wildman–Crippen LogP) is 4.31. The molecule has 0 saturated carbocycles. The second-order valence-electron chi connectivity index (χ2n) is 4.66. The molecule has 1 unspecified atom stereocenters. The third kappa shape index (κ3) is 6.69. The molecule has 0 aromatic carbocycles. The van der Waals surface area contributed by atoms with E-state index in [4.69, 9.17) is 0 Å². The van der Waals surface area contributed by atoms with Gasteiger partial charge in [0.25, 0.3) is 0 Å². The van der Waals surface area contributed by atoms with Crippen LogP contribution in [0.15, 0.2) is 0 Å². The molecule has 0 bridgehead atoms. The minimum atomic E-state index is 0.789. The van der Waals surface area contributed by atoms with Crippen LogP contribution >= 0.6 is 0 Å². The Hall–Kier alpha value is 0. The maximum atomic E-state index is 2.48. The Morgan fingerprint density at radius 3 is 2.00 bits per heavy atom. The Balaban J connectivity index is 3.20. The highest BCUT2D eigenvalue weighted by Crippen LogP contribution is 2.17. The molecule has 73 valence electrons. The van der Waals surface area contributed by atoms with Gasteiger partial charge in [-0.25, -0.2) is 0 Å². The number of unbranched alkanes of at least 4 members (excludes halogenated alkanes) is 1. The third-order valence-electron chi connectivity index (χ3n) is 2.58. The van der Waals surface area contributed by atoms with E-state index < -0.39 is 0 Å². The lowest BCUT2D eigenvalue weighted by Crippen LogP contribution is -2.04. The van der Waals surface area contributed by atoms with Crippen LogP contribution in [-0.4, -0.2) is 0 Å². The SMILES string of the molecule is CC(C)CCC[CH]C(C)C(C)C. The minimum Gasteiger partial charge on any atom is -0.0628 e. The monoisotopic (exact) mass is 169 g/mol. The van der Waals surface area contributed by atoms with E-state index in [1.54, 1.807) is 0 Å². The van der Waals surface area contributed by atoms with E-state index in [2.05, 4.69) is 41.0 Å². The van der Waals surface area contributed by atoms with Crippen LogP contribution in [0.1, 0.15) is 53.9 Å². The van der Waals surface area contributed by atoms with Crippen molar-refractivity contribution in [1.82, 2.24) is 0 Å². The van der Waals surface area contributed by atoms with E-state index in [1.807, 2.05) is 0 Å². The summed E-state index contributed by atoms with van der Waals surface area (Å²) in [5.41, 5.74) is 0. The first kappa shape index (κ1) is 12.0. The summed E-state index contributed by atoms with van der Waals surface area (Å²) < 4.78 is 0. The lowest BCUT2D eigenvalue weighted by Gasteiger charge is -2.14. The van der Waals surface area contributed by atoms with Gasteiger partial charge < -0.3 is 0 Å².